The number of fused-ring (bicyclic) bond motifs is 3. The highest BCUT2D eigenvalue weighted by molar-refractivity contribution is 5.76. The lowest BCUT2D eigenvalue weighted by Gasteiger charge is -2.43. The van der Waals surface area contributed by atoms with Gasteiger partial charge in [-0.2, -0.15) is 0 Å². The minimum absolute atomic E-state index is 0.183. The van der Waals surface area contributed by atoms with Gasteiger partial charge in [-0.3, -0.25) is 0 Å². The fourth-order valence-electron chi connectivity index (χ4n) is 7.82. The maximum absolute atomic E-state index is 3.90. The van der Waals surface area contributed by atoms with Crippen molar-refractivity contribution >= 4 is 11.4 Å². The molecule has 194 valence electrons. The van der Waals surface area contributed by atoms with Gasteiger partial charge in [0.2, 0.25) is 0 Å². The third-order valence-electron chi connectivity index (χ3n) is 9.95. The average molecular weight is 493 g/mol. The van der Waals surface area contributed by atoms with E-state index in [1.54, 1.807) is 5.56 Å². The highest BCUT2D eigenvalue weighted by Gasteiger charge is 2.42. The second-order valence-electron chi connectivity index (χ2n) is 13.4. The van der Waals surface area contributed by atoms with Crippen LogP contribution >= 0.6 is 0 Å². The summed E-state index contributed by atoms with van der Waals surface area (Å²) in [5, 5.41) is 7.57. The molecule has 2 nitrogen and oxygen atoms in total. The number of nitrogens with one attached hydrogen (secondary N) is 2. The molecule has 1 heterocycles. The molecule has 1 aliphatic heterocycles. The highest BCUT2D eigenvalue weighted by atomic mass is 14.9. The molecular formula is C35H44N2. The predicted molar refractivity (Wildman–Crippen MR) is 158 cm³/mol. The largest absolute Gasteiger partial charge is 0.355 e. The first kappa shape index (κ1) is 24.7. The Morgan fingerprint density at radius 3 is 2.46 bits per heavy atom. The summed E-state index contributed by atoms with van der Waals surface area (Å²) >= 11 is 0. The lowest BCUT2D eigenvalue weighted by atomic mass is 9.61. The minimum atomic E-state index is 0.183. The van der Waals surface area contributed by atoms with Gasteiger partial charge in [0, 0.05) is 11.4 Å². The third kappa shape index (κ3) is 4.52. The predicted octanol–water partition coefficient (Wildman–Crippen LogP) is 8.87. The zero-order chi connectivity index (χ0) is 25.7. The van der Waals surface area contributed by atoms with E-state index in [0.29, 0.717) is 5.41 Å². The van der Waals surface area contributed by atoms with Gasteiger partial charge in [0.25, 0.3) is 0 Å². The van der Waals surface area contributed by atoms with Crippen LogP contribution in [0.1, 0.15) is 89.3 Å². The van der Waals surface area contributed by atoms with Crippen molar-refractivity contribution in [3.05, 3.63) is 83.4 Å². The summed E-state index contributed by atoms with van der Waals surface area (Å²) < 4.78 is 0. The Bertz CT molecular complexity index is 1290. The smallest absolute Gasteiger partial charge is 0.0422 e. The van der Waals surface area contributed by atoms with Gasteiger partial charge in [0.05, 0.1) is 0 Å². The molecule has 3 aromatic carbocycles. The van der Waals surface area contributed by atoms with Crippen LogP contribution in [0.5, 0.6) is 0 Å². The minimum Gasteiger partial charge on any atom is -0.355 e. The van der Waals surface area contributed by atoms with Gasteiger partial charge in [0.1, 0.15) is 0 Å². The Labute approximate surface area is 224 Å². The van der Waals surface area contributed by atoms with Gasteiger partial charge in [-0.25, -0.2) is 0 Å². The van der Waals surface area contributed by atoms with E-state index in [1.165, 1.54) is 85.1 Å². The lowest BCUT2D eigenvalue weighted by molar-refractivity contribution is 0.333. The van der Waals surface area contributed by atoms with Crippen LogP contribution in [0, 0.1) is 5.92 Å². The number of anilines is 2. The summed E-state index contributed by atoms with van der Waals surface area (Å²) in [5.41, 5.74) is 10.5. The second-order valence-corrected chi connectivity index (χ2v) is 13.4. The van der Waals surface area contributed by atoms with Crippen molar-refractivity contribution in [3.8, 4) is 11.1 Å². The molecule has 0 aromatic heterocycles. The van der Waals surface area contributed by atoms with Crippen molar-refractivity contribution in [2.45, 2.75) is 88.9 Å². The van der Waals surface area contributed by atoms with Crippen LogP contribution in [0.4, 0.5) is 11.4 Å². The molecule has 0 radical (unpaired) electrons. The maximum Gasteiger partial charge on any atom is 0.0422 e. The van der Waals surface area contributed by atoms with Crippen molar-refractivity contribution in [2.24, 2.45) is 5.92 Å². The zero-order valence-corrected chi connectivity index (χ0v) is 23.3. The monoisotopic (exact) mass is 492 g/mol. The first-order valence-corrected chi connectivity index (χ1v) is 14.6. The Morgan fingerprint density at radius 1 is 0.784 bits per heavy atom. The average Bonchev–Trinajstić information content (AvgIpc) is 3.33. The topological polar surface area (TPSA) is 24.1 Å². The van der Waals surface area contributed by atoms with Crippen molar-refractivity contribution in [1.29, 1.82) is 0 Å². The quantitative estimate of drug-likeness (QED) is 0.380. The molecule has 3 aromatic rings. The number of para-hydroxylation sites is 1. The van der Waals surface area contributed by atoms with Crippen LogP contribution in [-0.2, 0) is 16.2 Å². The molecule has 1 unspecified atom stereocenters. The first-order chi connectivity index (χ1) is 17.8. The van der Waals surface area contributed by atoms with Crippen LogP contribution < -0.4 is 10.6 Å². The molecule has 0 spiro atoms. The fraction of sp³-hybridized carbons (Fsp3) is 0.486. The van der Waals surface area contributed by atoms with E-state index >= 15 is 0 Å². The van der Waals surface area contributed by atoms with Crippen molar-refractivity contribution in [1.82, 2.24) is 5.32 Å². The van der Waals surface area contributed by atoms with Gasteiger partial charge in [0.15, 0.2) is 0 Å². The van der Waals surface area contributed by atoms with E-state index < -0.39 is 0 Å². The molecule has 0 amide bonds. The Balaban J connectivity index is 1.37. The number of rotatable bonds is 4. The molecule has 37 heavy (non-hydrogen) atoms. The third-order valence-corrected chi connectivity index (χ3v) is 9.95. The molecule has 1 saturated heterocycles. The summed E-state index contributed by atoms with van der Waals surface area (Å²) in [7, 11) is 0. The molecule has 2 heteroatoms. The van der Waals surface area contributed by atoms with Crippen molar-refractivity contribution < 1.29 is 0 Å². The van der Waals surface area contributed by atoms with Gasteiger partial charge < -0.3 is 10.6 Å². The van der Waals surface area contributed by atoms with Crippen LogP contribution in [0.2, 0.25) is 0 Å². The van der Waals surface area contributed by atoms with E-state index in [4.69, 9.17) is 0 Å². The maximum atomic E-state index is 3.90. The Kier molecular flexibility index (Phi) is 6.23. The molecule has 2 N–H and O–H groups in total. The van der Waals surface area contributed by atoms with Crippen LogP contribution in [-0.4, -0.2) is 13.1 Å². The number of hydrogen-bond acceptors (Lipinski definition) is 2. The van der Waals surface area contributed by atoms with Gasteiger partial charge in [-0.05, 0) is 126 Å². The molecular weight excluding hydrogens is 448 g/mol. The molecule has 1 saturated carbocycles. The number of hydrogen-bond donors (Lipinski definition) is 2. The molecule has 2 aliphatic carbocycles. The summed E-state index contributed by atoms with van der Waals surface area (Å²) in [4.78, 5) is 0. The Morgan fingerprint density at radius 2 is 1.57 bits per heavy atom. The zero-order valence-electron chi connectivity index (χ0n) is 23.3. The van der Waals surface area contributed by atoms with Crippen LogP contribution in [0.3, 0.4) is 0 Å². The van der Waals surface area contributed by atoms with Gasteiger partial charge >= 0.3 is 0 Å². The fourth-order valence-corrected chi connectivity index (χ4v) is 7.82. The van der Waals surface area contributed by atoms with E-state index in [2.05, 4.69) is 105 Å². The van der Waals surface area contributed by atoms with E-state index in [1.807, 2.05) is 0 Å². The van der Waals surface area contributed by atoms with Crippen molar-refractivity contribution in [3.63, 3.8) is 0 Å². The normalized spacial score (nSPS) is 26.1. The van der Waals surface area contributed by atoms with E-state index in [9.17, 15) is 0 Å². The molecule has 2 atom stereocenters. The van der Waals surface area contributed by atoms with Crippen LogP contribution in [0.25, 0.3) is 11.1 Å². The lowest BCUT2D eigenvalue weighted by Crippen LogP contribution is -2.34. The molecule has 6 rings (SSSR count). The summed E-state index contributed by atoms with van der Waals surface area (Å²) in [6, 6.07) is 25.3. The van der Waals surface area contributed by atoms with Crippen molar-refractivity contribution in [2.75, 3.05) is 18.4 Å². The van der Waals surface area contributed by atoms with Crippen LogP contribution in [0.15, 0.2) is 66.7 Å². The molecule has 3 aliphatic rings. The number of benzene rings is 3. The standard InChI is InChI=1S/C35H44N2/c1-33(2)19-20-34(3,4)32-28(12-8-14-30(32)33)26-10-7-11-27(22-26)37-31-15-6-5-13-29(31)35-17-9-21-36-24-25(23-35)16-18-35/h5-8,10-15,22,25,36-37H,9,16-21,23-24H2,1-4H3/t25-,35?/m0/s1. The highest BCUT2D eigenvalue weighted by Crippen LogP contribution is 2.51. The van der Waals surface area contributed by atoms with E-state index in [0.717, 1.165) is 12.5 Å². The van der Waals surface area contributed by atoms with E-state index in [-0.39, 0.29) is 10.8 Å². The molecule has 2 fully saturated rings. The second kappa shape index (κ2) is 9.31. The molecule has 2 bridgehead atoms. The Hall–Kier alpha value is -2.58. The van der Waals surface area contributed by atoms with Gasteiger partial charge in [-0.1, -0.05) is 76.2 Å². The SMILES string of the molecule is CC1(C)CCC(C)(C)c2c(-c3cccc(Nc4ccccc4C45CCCNC[C@@H](CC4)C5)c3)cccc21. The summed E-state index contributed by atoms with van der Waals surface area (Å²) in [6.07, 6.45) is 9.01. The summed E-state index contributed by atoms with van der Waals surface area (Å²) in [5.74, 6) is 0.813. The first-order valence-electron chi connectivity index (χ1n) is 14.6. The summed E-state index contributed by atoms with van der Waals surface area (Å²) in [6.45, 7) is 12.0. The van der Waals surface area contributed by atoms with Gasteiger partial charge in [-0.15, -0.1) is 0 Å².